The third-order valence-electron chi connectivity index (χ3n) is 4.38. The first-order valence-electron chi connectivity index (χ1n) is 8.36. The molecule has 4 rings (SSSR count). The normalized spacial score (nSPS) is 14.6. The Hall–Kier alpha value is -2.64. The van der Waals surface area contributed by atoms with Crippen LogP contribution in [-0.4, -0.2) is 31.0 Å². The molecule has 1 aromatic carbocycles. The summed E-state index contributed by atoms with van der Waals surface area (Å²) in [4.78, 5) is 4.84. The lowest BCUT2D eigenvalue weighted by molar-refractivity contribution is 0.185. The zero-order chi connectivity index (χ0) is 17.6. The van der Waals surface area contributed by atoms with Crippen molar-refractivity contribution in [3.8, 4) is 28.5 Å². The molecule has 0 amide bonds. The smallest absolute Gasteiger partial charge is 0.144 e. The second-order valence-corrected chi connectivity index (χ2v) is 6.45. The number of rotatable bonds is 3. The van der Waals surface area contributed by atoms with Crippen molar-refractivity contribution in [2.45, 2.75) is 32.7 Å². The second-order valence-electron chi connectivity index (χ2n) is 6.45. The number of aliphatic hydroxyl groups excluding tert-OH is 1. The fraction of sp³-hybridized carbons (Fsp3) is 0.333. The van der Waals surface area contributed by atoms with E-state index >= 15 is 0 Å². The van der Waals surface area contributed by atoms with Gasteiger partial charge in [-0.1, -0.05) is 6.07 Å². The Morgan fingerprint density at radius 2 is 2.12 bits per heavy atom. The van der Waals surface area contributed by atoms with Crippen LogP contribution in [0.3, 0.4) is 0 Å². The molecule has 0 radical (unpaired) electrons. The van der Waals surface area contributed by atoms with E-state index in [1.54, 1.807) is 18.3 Å². The molecule has 7 nitrogen and oxygen atoms in total. The minimum atomic E-state index is -1.02. The van der Waals surface area contributed by atoms with Crippen molar-refractivity contribution >= 4 is 0 Å². The molecule has 0 saturated heterocycles. The monoisotopic (exact) mass is 339 g/mol. The van der Waals surface area contributed by atoms with Gasteiger partial charge in [0.15, 0.2) is 0 Å². The number of imidazole rings is 1. The Morgan fingerprint density at radius 3 is 2.88 bits per heavy atom. The van der Waals surface area contributed by atoms with Gasteiger partial charge in [-0.2, -0.15) is 5.10 Å². The van der Waals surface area contributed by atoms with Gasteiger partial charge in [0.2, 0.25) is 0 Å². The van der Waals surface area contributed by atoms with Crippen molar-refractivity contribution in [3.05, 3.63) is 42.2 Å². The molecule has 3 aromatic rings. The molecule has 0 saturated carbocycles. The number of aromatic nitrogens is 4. The Morgan fingerprint density at radius 1 is 1.28 bits per heavy atom. The van der Waals surface area contributed by atoms with E-state index in [0.29, 0.717) is 24.5 Å². The van der Waals surface area contributed by atoms with Gasteiger partial charge < -0.3 is 20.1 Å². The SMILES string of the molecule is CC(C)n1nccc1-c1cn2c(n1)-c1ccc(C(N)O)cc1OCC2. The quantitative estimate of drug-likeness (QED) is 0.715. The maximum atomic E-state index is 9.59. The third kappa shape index (κ3) is 2.71. The van der Waals surface area contributed by atoms with Gasteiger partial charge in [0.1, 0.15) is 30.1 Å². The number of aliphatic hydroxyl groups is 1. The molecular weight excluding hydrogens is 318 g/mol. The summed E-state index contributed by atoms with van der Waals surface area (Å²) in [5, 5.41) is 14.0. The molecule has 2 aromatic heterocycles. The minimum Gasteiger partial charge on any atom is -0.491 e. The fourth-order valence-corrected chi connectivity index (χ4v) is 3.13. The molecule has 0 aliphatic carbocycles. The molecule has 7 heteroatoms. The van der Waals surface area contributed by atoms with Gasteiger partial charge in [-0.05, 0) is 37.6 Å². The lowest BCUT2D eigenvalue weighted by atomic mass is 10.1. The first-order valence-corrected chi connectivity index (χ1v) is 8.36. The summed E-state index contributed by atoms with van der Waals surface area (Å²) in [5.41, 5.74) is 8.96. The summed E-state index contributed by atoms with van der Waals surface area (Å²) in [6, 6.07) is 7.72. The molecule has 130 valence electrons. The highest BCUT2D eigenvalue weighted by molar-refractivity contribution is 5.69. The van der Waals surface area contributed by atoms with Gasteiger partial charge in [-0.15, -0.1) is 0 Å². The summed E-state index contributed by atoms with van der Waals surface area (Å²) in [7, 11) is 0. The van der Waals surface area contributed by atoms with Gasteiger partial charge in [0.05, 0.1) is 17.8 Å². The number of nitrogens with two attached hydrogens (primary N) is 1. The molecule has 1 aliphatic heterocycles. The van der Waals surface area contributed by atoms with Crippen LogP contribution in [0, 0.1) is 0 Å². The zero-order valence-electron chi connectivity index (χ0n) is 14.3. The number of ether oxygens (including phenoxy) is 1. The molecule has 0 bridgehead atoms. The summed E-state index contributed by atoms with van der Waals surface area (Å²) in [6.07, 6.45) is 2.81. The summed E-state index contributed by atoms with van der Waals surface area (Å²) >= 11 is 0. The van der Waals surface area contributed by atoms with Gasteiger partial charge in [-0.25, -0.2) is 4.98 Å². The highest BCUT2D eigenvalue weighted by Gasteiger charge is 2.21. The molecule has 25 heavy (non-hydrogen) atoms. The average molecular weight is 339 g/mol. The van der Waals surface area contributed by atoms with E-state index in [-0.39, 0.29) is 6.04 Å². The van der Waals surface area contributed by atoms with Gasteiger partial charge in [0, 0.05) is 18.4 Å². The number of fused-ring (bicyclic) bond motifs is 3. The fourth-order valence-electron chi connectivity index (χ4n) is 3.13. The Kier molecular flexibility index (Phi) is 3.82. The van der Waals surface area contributed by atoms with Crippen LogP contribution in [0.2, 0.25) is 0 Å². The molecule has 3 heterocycles. The summed E-state index contributed by atoms with van der Waals surface area (Å²) in [6.45, 7) is 5.43. The van der Waals surface area contributed by atoms with E-state index < -0.39 is 6.23 Å². The van der Waals surface area contributed by atoms with Crippen LogP contribution in [-0.2, 0) is 6.54 Å². The van der Waals surface area contributed by atoms with E-state index in [1.807, 2.05) is 23.0 Å². The van der Waals surface area contributed by atoms with Gasteiger partial charge in [-0.3, -0.25) is 4.68 Å². The van der Waals surface area contributed by atoms with Crippen LogP contribution < -0.4 is 10.5 Å². The molecule has 0 fully saturated rings. The first kappa shape index (κ1) is 15.9. The Balaban J connectivity index is 1.82. The number of hydrogen-bond donors (Lipinski definition) is 2. The van der Waals surface area contributed by atoms with Crippen LogP contribution in [0.4, 0.5) is 0 Å². The van der Waals surface area contributed by atoms with Crippen LogP contribution >= 0.6 is 0 Å². The highest BCUT2D eigenvalue weighted by atomic mass is 16.5. The molecule has 0 spiro atoms. The lowest BCUT2D eigenvalue weighted by Gasteiger charge is -2.11. The predicted octanol–water partition coefficient (Wildman–Crippen LogP) is 2.34. The maximum Gasteiger partial charge on any atom is 0.144 e. The summed E-state index contributed by atoms with van der Waals surface area (Å²) in [5.74, 6) is 1.53. The van der Waals surface area contributed by atoms with E-state index in [1.165, 1.54) is 0 Å². The largest absolute Gasteiger partial charge is 0.491 e. The number of hydrogen-bond acceptors (Lipinski definition) is 5. The van der Waals surface area contributed by atoms with E-state index in [2.05, 4.69) is 23.5 Å². The lowest BCUT2D eigenvalue weighted by Crippen LogP contribution is -2.09. The second kappa shape index (κ2) is 6.02. The molecule has 1 unspecified atom stereocenters. The molecule has 1 atom stereocenters. The Labute approximate surface area is 145 Å². The van der Waals surface area contributed by atoms with Crippen molar-refractivity contribution in [1.82, 2.24) is 19.3 Å². The van der Waals surface area contributed by atoms with Crippen LogP contribution in [0.5, 0.6) is 5.75 Å². The van der Waals surface area contributed by atoms with Gasteiger partial charge >= 0.3 is 0 Å². The predicted molar refractivity (Wildman–Crippen MR) is 93.9 cm³/mol. The average Bonchev–Trinajstić information content (AvgIpc) is 3.18. The third-order valence-corrected chi connectivity index (χ3v) is 4.38. The van der Waals surface area contributed by atoms with Crippen molar-refractivity contribution in [2.24, 2.45) is 5.73 Å². The van der Waals surface area contributed by atoms with Crippen molar-refractivity contribution in [1.29, 1.82) is 0 Å². The van der Waals surface area contributed by atoms with E-state index in [4.69, 9.17) is 15.5 Å². The maximum absolute atomic E-state index is 9.59. The Bertz CT molecular complexity index is 910. The standard InChI is InChI=1S/C18H21N5O2/c1-11(2)23-15(5-6-20-23)14-10-22-7-8-25-16-9-12(17(19)24)3-4-13(16)18(22)21-14/h3-6,9-11,17,24H,7-8,19H2,1-2H3. The topological polar surface area (TPSA) is 91.1 Å². The first-order chi connectivity index (χ1) is 12.0. The molecule has 1 aliphatic rings. The molecule has 3 N–H and O–H groups in total. The van der Waals surface area contributed by atoms with Crippen molar-refractivity contribution in [3.63, 3.8) is 0 Å². The van der Waals surface area contributed by atoms with Gasteiger partial charge in [0.25, 0.3) is 0 Å². The number of benzene rings is 1. The van der Waals surface area contributed by atoms with Crippen LogP contribution in [0.1, 0.15) is 31.7 Å². The number of nitrogens with zero attached hydrogens (tertiary/aromatic N) is 4. The van der Waals surface area contributed by atoms with Crippen molar-refractivity contribution in [2.75, 3.05) is 6.61 Å². The van der Waals surface area contributed by atoms with Crippen molar-refractivity contribution < 1.29 is 9.84 Å². The van der Waals surface area contributed by atoms with Crippen LogP contribution in [0.15, 0.2) is 36.7 Å². The molecular formula is C18H21N5O2. The van der Waals surface area contributed by atoms with E-state index in [0.717, 1.165) is 22.8 Å². The van der Waals surface area contributed by atoms with Crippen LogP contribution in [0.25, 0.3) is 22.8 Å². The highest BCUT2D eigenvalue weighted by Crippen LogP contribution is 2.35. The summed E-state index contributed by atoms with van der Waals surface area (Å²) < 4.78 is 9.89. The minimum absolute atomic E-state index is 0.260. The van der Waals surface area contributed by atoms with E-state index in [9.17, 15) is 5.11 Å². The zero-order valence-corrected chi connectivity index (χ0v) is 14.3.